The Hall–Kier alpha value is -3.26. The van der Waals surface area contributed by atoms with Crippen LogP contribution in [0.1, 0.15) is 16.7 Å². The third kappa shape index (κ3) is 3.39. The monoisotopic (exact) mass is 321 g/mol. The summed E-state index contributed by atoms with van der Waals surface area (Å²) in [5.74, 6) is 0.347. The average Bonchev–Trinajstić information content (AvgIpc) is 3.02. The van der Waals surface area contributed by atoms with E-state index in [0.717, 1.165) is 16.5 Å². The molecule has 5 nitrogen and oxygen atoms in total. The Morgan fingerprint density at radius 1 is 1.25 bits per heavy atom. The number of furan rings is 1. The van der Waals surface area contributed by atoms with E-state index >= 15 is 0 Å². The van der Waals surface area contributed by atoms with Crippen LogP contribution in [-0.4, -0.2) is 13.1 Å². The topological polar surface area (TPSA) is 72.5 Å². The molecule has 0 atom stereocenters. The quantitative estimate of drug-likeness (QED) is 0.671. The van der Waals surface area contributed by atoms with Gasteiger partial charge >= 0.3 is 5.97 Å². The number of methoxy groups -OCH3 is 1. The van der Waals surface area contributed by atoms with Crippen LogP contribution in [0.2, 0.25) is 0 Å². The SMILES string of the molecule is COc1ccc2c(CC(=O)OCc3cccc(C#N)c3)coc2c1. The van der Waals surface area contributed by atoms with Crippen LogP contribution in [0.15, 0.2) is 53.1 Å². The molecule has 3 aromatic rings. The summed E-state index contributed by atoms with van der Waals surface area (Å²) in [7, 11) is 1.59. The van der Waals surface area contributed by atoms with E-state index in [0.29, 0.717) is 16.9 Å². The van der Waals surface area contributed by atoms with Crippen LogP contribution >= 0.6 is 0 Å². The van der Waals surface area contributed by atoms with Crippen molar-refractivity contribution in [1.29, 1.82) is 5.26 Å². The van der Waals surface area contributed by atoms with E-state index in [4.69, 9.17) is 19.2 Å². The molecule has 0 radical (unpaired) electrons. The summed E-state index contributed by atoms with van der Waals surface area (Å²) in [6, 6.07) is 14.5. The molecule has 2 aromatic carbocycles. The average molecular weight is 321 g/mol. The molecule has 0 aliphatic carbocycles. The van der Waals surface area contributed by atoms with Crippen LogP contribution in [0.5, 0.6) is 5.75 Å². The maximum atomic E-state index is 12.1. The third-order valence-electron chi connectivity index (χ3n) is 3.65. The Labute approximate surface area is 139 Å². The van der Waals surface area contributed by atoms with Gasteiger partial charge in [-0.1, -0.05) is 12.1 Å². The van der Waals surface area contributed by atoms with E-state index in [2.05, 4.69) is 6.07 Å². The van der Waals surface area contributed by atoms with Gasteiger partial charge in [0.2, 0.25) is 0 Å². The lowest BCUT2D eigenvalue weighted by molar-refractivity contribution is -0.144. The number of rotatable bonds is 5. The van der Waals surface area contributed by atoms with E-state index in [9.17, 15) is 4.79 Å². The zero-order valence-corrected chi connectivity index (χ0v) is 13.1. The summed E-state index contributed by atoms with van der Waals surface area (Å²) in [4.78, 5) is 12.1. The van der Waals surface area contributed by atoms with Gasteiger partial charge in [-0.3, -0.25) is 4.79 Å². The first kappa shape index (κ1) is 15.6. The number of hydrogen-bond acceptors (Lipinski definition) is 5. The summed E-state index contributed by atoms with van der Waals surface area (Å²) in [6.07, 6.45) is 1.68. The maximum Gasteiger partial charge on any atom is 0.310 e. The van der Waals surface area contributed by atoms with Crippen LogP contribution in [-0.2, 0) is 22.6 Å². The molecule has 24 heavy (non-hydrogen) atoms. The normalized spacial score (nSPS) is 10.3. The number of hydrogen-bond donors (Lipinski definition) is 0. The number of carbonyl (C=O) groups is 1. The Morgan fingerprint density at radius 3 is 2.92 bits per heavy atom. The summed E-state index contributed by atoms with van der Waals surface area (Å²) in [5.41, 5.74) is 2.75. The predicted octanol–water partition coefficient (Wildman–Crippen LogP) is 3.60. The molecule has 0 saturated heterocycles. The molecular weight excluding hydrogens is 306 g/mol. The Bertz CT molecular complexity index is 921. The fourth-order valence-electron chi connectivity index (χ4n) is 2.43. The van der Waals surface area contributed by atoms with Crippen molar-refractivity contribution in [3.63, 3.8) is 0 Å². The van der Waals surface area contributed by atoms with Crippen molar-refractivity contribution in [3.8, 4) is 11.8 Å². The van der Waals surface area contributed by atoms with E-state index in [1.165, 1.54) is 0 Å². The smallest absolute Gasteiger partial charge is 0.310 e. The zero-order chi connectivity index (χ0) is 16.9. The molecule has 1 aromatic heterocycles. The fraction of sp³-hybridized carbons (Fsp3) is 0.158. The van der Waals surface area contributed by atoms with Gasteiger partial charge in [-0.05, 0) is 29.8 Å². The lowest BCUT2D eigenvalue weighted by Gasteiger charge is -2.05. The molecule has 0 bridgehead atoms. The molecule has 0 spiro atoms. The van der Waals surface area contributed by atoms with Gasteiger partial charge in [-0.15, -0.1) is 0 Å². The van der Waals surface area contributed by atoms with Crippen molar-refractivity contribution < 1.29 is 18.7 Å². The lowest BCUT2D eigenvalue weighted by atomic mass is 10.1. The molecule has 1 heterocycles. The number of ether oxygens (including phenoxy) is 2. The highest BCUT2D eigenvalue weighted by atomic mass is 16.5. The molecule has 0 N–H and O–H groups in total. The molecule has 0 unspecified atom stereocenters. The molecule has 5 heteroatoms. The number of benzene rings is 2. The third-order valence-corrected chi connectivity index (χ3v) is 3.65. The Balaban J connectivity index is 1.65. The van der Waals surface area contributed by atoms with E-state index in [-0.39, 0.29) is 19.0 Å². The molecule has 0 aliphatic heterocycles. The second kappa shape index (κ2) is 6.88. The van der Waals surface area contributed by atoms with Gasteiger partial charge in [0, 0.05) is 17.0 Å². The van der Waals surface area contributed by atoms with Crippen molar-refractivity contribution >= 4 is 16.9 Å². The minimum Gasteiger partial charge on any atom is -0.497 e. The molecule has 0 aliphatic rings. The summed E-state index contributed by atoms with van der Waals surface area (Å²) >= 11 is 0. The van der Waals surface area contributed by atoms with Crippen molar-refractivity contribution in [1.82, 2.24) is 0 Å². The van der Waals surface area contributed by atoms with Crippen molar-refractivity contribution in [2.24, 2.45) is 0 Å². The van der Waals surface area contributed by atoms with Gasteiger partial charge in [0.1, 0.15) is 17.9 Å². The highest BCUT2D eigenvalue weighted by Crippen LogP contribution is 2.26. The van der Waals surface area contributed by atoms with E-state index in [1.807, 2.05) is 18.2 Å². The second-order valence-corrected chi connectivity index (χ2v) is 5.27. The van der Waals surface area contributed by atoms with Crippen LogP contribution in [0.3, 0.4) is 0 Å². The Kier molecular flexibility index (Phi) is 4.48. The highest BCUT2D eigenvalue weighted by Gasteiger charge is 2.12. The van der Waals surface area contributed by atoms with Crippen molar-refractivity contribution in [2.45, 2.75) is 13.0 Å². The van der Waals surface area contributed by atoms with Crippen LogP contribution < -0.4 is 4.74 Å². The van der Waals surface area contributed by atoms with Crippen LogP contribution in [0.25, 0.3) is 11.0 Å². The number of nitriles is 1. The first-order valence-electron chi connectivity index (χ1n) is 7.38. The molecule has 120 valence electrons. The highest BCUT2D eigenvalue weighted by molar-refractivity contribution is 5.86. The maximum absolute atomic E-state index is 12.1. The van der Waals surface area contributed by atoms with Gasteiger partial charge in [-0.25, -0.2) is 0 Å². The largest absolute Gasteiger partial charge is 0.497 e. The Morgan fingerprint density at radius 2 is 2.12 bits per heavy atom. The minimum atomic E-state index is -0.351. The molecule has 3 rings (SSSR count). The van der Waals surface area contributed by atoms with E-state index in [1.54, 1.807) is 37.6 Å². The zero-order valence-electron chi connectivity index (χ0n) is 13.1. The van der Waals surface area contributed by atoms with Crippen LogP contribution in [0.4, 0.5) is 0 Å². The van der Waals surface area contributed by atoms with Gasteiger partial charge in [0.25, 0.3) is 0 Å². The molecule has 0 fully saturated rings. The minimum absolute atomic E-state index is 0.122. The standard InChI is InChI=1S/C19H15NO4/c1-22-16-5-6-17-15(12-23-18(17)9-16)8-19(21)24-11-14-4-2-3-13(7-14)10-20/h2-7,9,12H,8,11H2,1H3. The lowest BCUT2D eigenvalue weighted by Crippen LogP contribution is -2.07. The van der Waals surface area contributed by atoms with Crippen molar-refractivity contribution in [2.75, 3.05) is 7.11 Å². The summed E-state index contributed by atoms with van der Waals surface area (Å²) in [5, 5.41) is 9.73. The second-order valence-electron chi connectivity index (χ2n) is 5.27. The van der Waals surface area contributed by atoms with Crippen LogP contribution in [0, 0.1) is 11.3 Å². The predicted molar refractivity (Wildman–Crippen MR) is 87.4 cm³/mol. The molecule has 0 amide bonds. The molecule has 0 saturated carbocycles. The first-order valence-corrected chi connectivity index (χ1v) is 7.38. The van der Waals surface area contributed by atoms with E-state index < -0.39 is 0 Å². The first-order chi connectivity index (χ1) is 11.7. The van der Waals surface area contributed by atoms with Gasteiger partial charge in [0.15, 0.2) is 0 Å². The molecular formula is C19H15NO4. The number of nitrogens with zero attached hydrogens (tertiary/aromatic N) is 1. The summed E-state index contributed by atoms with van der Waals surface area (Å²) < 4.78 is 15.9. The van der Waals surface area contributed by atoms with Gasteiger partial charge in [-0.2, -0.15) is 5.26 Å². The fourth-order valence-corrected chi connectivity index (χ4v) is 2.43. The number of carbonyl (C=O) groups excluding carboxylic acids is 1. The van der Waals surface area contributed by atoms with Crippen molar-refractivity contribution in [3.05, 3.63) is 65.4 Å². The van der Waals surface area contributed by atoms with Gasteiger partial charge in [0.05, 0.1) is 31.4 Å². The number of esters is 1. The number of fused-ring (bicyclic) bond motifs is 1. The van der Waals surface area contributed by atoms with Gasteiger partial charge < -0.3 is 13.9 Å². The summed E-state index contributed by atoms with van der Waals surface area (Å²) in [6.45, 7) is 0.137.